The molecule has 0 spiro atoms. The summed E-state index contributed by atoms with van der Waals surface area (Å²) in [7, 11) is 0. The lowest BCUT2D eigenvalue weighted by molar-refractivity contribution is -0.141. The van der Waals surface area contributed by atoms with Gasteiger partial charge < -0.3 is 15.7 Å². The molecule has 0 radical (unpaired) electrons. The number of nitrogens with zero attached hydrogens (tertiary/aromatic N) is 3. The maximum Gasteiger partial charge on any atom is 0.315 e. The van der Waals surface area contributed by atoms with Gasteiger partial charge in [-0.2, -0.15) is 5.21 Å². The summed E-state index contributed by atoms with van der Waals surface area (Å²) in [5.74, 6) is -0.434. The Balaban J connectivity index is 1.78. The van der Waals surface area contributed by atoms with Gasteiger partial charge >= 0.3 is 12.0 Å². The number of aromatic amines is 1. The van der Waals surface area contributed by atoms with Crippen molar-refractivity contribution in [2.24, 2.45) is 5.41 Å². The number of nitrogens with one attached hydrogen (secondary N) is 3. The predicted molar refractivity (Wildman–Crippen MR) is 67.7 cm³/mol. The quantitative estimate of drug-likeness (QED) is 0.589. The van der Waals surface area contributed by atoms with E-state index in [2.05, 4.69) is 31.3 Å². The second-order valence-corrected chi connectivity index (χ2v) is 5.24. The first kappa shape index (κ1) is 14.2. The van der Waals surface area contributed by atoms with Crippen LogP contribution >= 0.6 is 0 Å². The Morgan fingerprint density at radius 2 is 2.25 bits per heavy atom. The minimum atomic E-state index is -0.827. The lowest BCUT2D eigenvalue weighted by Crippen LogP contribution is -2.47. The predicted octanol–water partition coefficient (Wildman–Crippen LogP) is 0.205. The molecule has 0 aliphatic heterocycles. The maximum absolute atomic E-state index is 11.8. The molecule has 110 valence electrons. The van der Waals surface area contributed by atoms with Crippen LogP contribution in [0.5, 0.6) is 0 Å². The summed E-state index contributed by atoms with van der Waals surface area (Å²) in [6.07, 6.45) is 2.77. The monoisotopic (exact) mass is 282 g/mol. The van der Waals surface area contributed by atoms with E-state index in [1.54, 1.807) is 6.92 Å². The number of hydrogen-bond acceptors (Lipinski definition) is 5. The van der Waals surface area contributed by atoms with Crippen molar-refractivity contribution in [3.8, 4) is 0 Å². The molecule has 0 aromatic carbocycles. The Hall–Kier alpha value is -2.19. The molecular formula is C11H18N6O3. The normalized spacial score (nSPS) is 17.9. The summed E-state index contributed by atoms with van der Waals surface area (Å²) in [6.45, 7) is 2.10. The lowest BCUT2D eigenvalue weighted by Gasteiger charge is -2.40. The van der Waals surface area contributed by atoms with Gasteiger partial charge in [0.1, 0.15) is 0 Å². The van der Waals surface area contributed by atoms with E-state index in [1.807, 2.05) is 0 Å². The molecule has 1 saturated carbocycles. The third kappa shape index (κ3) is 3.43. The number of H-pyrrole nitrogens is 1. The Kier molecular flexibility index (Phi) is 4.16. The van der Waals surface area contributed by atoms with Gasteiger partial charge in [-0.05, 0) is 25.2 Å². The number of carboxylic acid groups (broad SMARTS) is 1. The smallest absolute Gasteiger partial charge is 0.315 e. The zero-order valence-corrected chi connectivity index (χ0v) is 11.2. The molecule has 1 heterocycles. The van der Waals surface area contributed by atoms with Gasteiger partial charge in [0, 0.05) is 6.54 Å². The molecule has 1 unspecified atom stereocenters. The minimum Gasteiger partial charge on any atom is -0.481 e. The zero-order valence-electron chi connectivity index (χ0n) is 11.2. The van der Waals surface area contributed by atoms with Gasteiger partial charge in [-0.3, -0.25) is 4.79 Å². The number of carbonyl (C=O) groups is 2. The zero-order chi connectivity index (χ0) is 14.6. The van der Waals surface area contributed by atoms with Crippen LogP contribution in [0.3, 0.4) is 0 Å². The molecule has 9 nitrogen and oxygen atoms in total. The van der Waals surface area contributed by atoms with Gasteiger partial charge in [0.2, 0.25) is 0 Å². The molecular weight excluding hydrogens is 264 g/mol. The number of urea groups is 1. The van der Waals surface area contributed by atoms with E-state index in [0.29, 0.717) is 12.4 Å². The highest BCUT2D eigenvalue weighted by atomic mass is 16.4. The van der Waals surface area contributed by atoms with E-state index < -0.39 is 5.97 Å². The Bertz CT molecular complexity index is 471. The topological polar surface area (TPSA) is 133 Å². The summed E-state index contributed by atoms with van der Waals surface area (Å²) in [4.78, 5) is 22.6. The Morgan fingerprint density at radius 1 is 1.50 bits per heavy atom. The number of aromatic nitrogens is 4. The van der Waals surface area contributed by atoms with Crippen molar-refractivity contribution >= 4 is 12.0 Å². The number of rotatable bonds is 6. The molecule has 20 heavy (non-hydrogen) atoms. The first-order chi connectivity index (χ1) is 9.51. The molecule has 1 aromatic heterocycles. The Morgan fingerprint density at radius 3 is 2.75 bits per heavy atom. The highest BCUT2D eigenvalue weighted by Gasteiger charge is 2.39. The molecule has 0 bridgehead atoms. The van der Waals surface area contributed by atoms with Crippen LogP contribution in [0.2, 0.25) is 0 Å². The van der Waals surface area contributed by atoms with Crippen LogP contribution in [0.25, 0.3) is 0 Å². The summed E-state index contributed by atoms with van der Waals surface area (Å²) in [6, 6.07) is -0.732. The lowest BCUT2D eigenvalue weighted by atomic mass is 9.66. The minimum absolute atomic E-state index is 0.0909. The highest BCUT2D eigenvalue weighted by Crippen LogP contribution is 2.43. The number of hydrogen-bond donors (Lipinski definition) is 4. The largest absolute Gasteiger partial charge is 0.481 e. The third-order valence-electron chi connectivity index (χ3n) is 3.66. The van der Waals surface area contributed by atoms with Crippen LogP contribution in [0.4, 0.5) is 4.79 Å². The molecule has 1 fully saturated rings. The van der Waals surface area contributed by atoms with Crippen molar-refractivity contribution in [2.75, 3.05) is 6.54 Å². The number of carbonyl (C=O) groups excluding carboxylic acids is 1. The molecule has 2 amide bonds. The van der Waals surface area contributed by atoms with Crippen molar-refractivity contribution < 1.29 is 14.7 Å². The van der Waals surface area contributed by atoms with Crippen molar-refractivity contribution in [2.45, 2.75) is 38.6 Å². The molecule has 2 rings (SSSR count). The summed E-state index contributed by atoms with van der Waals surface area (Å²) < 4.78 is 0. The number of tetrazole rings is 1. The molecule has 4 N–H and O–H groups in total. The van der Waals surface area contributed by atoms with Crippen LogP contribution in [-0.2, 0) is 4.79 Å². The van der Waals surface area contributed by atoms with E-state index in [0.717, 1.165) is 19.3 Å². The van der Waals surface area contributed by atoms with Crippen molar-refractivity contribution in [1.82, 2.24) is 31.3 Å². The fourth-order valence-electron chi connectivity index (χ4n) is 2.35. The van der Waals surface area contributed by atoms with Crippen LogP contribution in [0, 0.1) is 5.41 Å². The summed E-state index contributed by atoms with van der Waals surface area (Å²) in [5, 5.41) is 27.6. The molecule has 1 aliphatic rings. The van der Waals surface area contributed by atoms with Gasteiger partial charge in [-0.15, -0.1) is 10.2 Å². The van der Waals surface area contributed by atoms with Gasteiger partial charge in [0.05, 0.1) is 12.5 Å². The van der Waals surface area contributed by atoms with E-state index in [4.69, 9.17) is 5.11 Å². The van der Waals surface area contributed by atoms with E-state index in [-0.39, 0.29) is 23.9 Å². The number of aliphatic carboxylic acids is 1. The van der Waals surface area contributed by atoms with Crippen molar-refractivity contribution in [3.63, 3.8) is 0 Å². The second-order valence-electron chi connectivity index (χ2n) is 5.24. The van der Waals surface area contributed by atoms with E-state index in [9.17, 15) is 9.59 Å². The van der Waals surface area contributed by atoms with E-state index >= 15 is 0 Å². The maximum atomic E-state index is 11.8. The molecule has 9 heteroatoms. The van der Waals surface area contributed by atoms with Crippen molar-refractivity contribution in [3.05, 3.63) is 5.82 Å². The highest BCUT2D eigenvalue weighted by molar-refractivity contribution is 5.74. The van der Waals surface area contributed by atoms with Gasteiger partial charge in [-0.1, -0.05) is 11.6 Å². The summed E-state index contributed by atoms with van der Waals surface area (Å²) in [5.41, 5.74) is -0.293. The van der Waals surface area contributed by atoms with Gasteiger partial charge in [0.15, 0.2) is 5.82 Å². The number of amides is 2. The first-order valence-electron chi connectivity index (χ1n) is 6.50. The van der Waals surface area contributed by atoms with Crippen LogP contribution in [-0.4, -0.2) is 44.3 Å². The molecule has 0 saturated heterocycles. The second kappa shape index (κ2) is 5.85. The van der Waals surface area contributed by atoms with Crippen molar-refractivity contribution in [1.29, 1.82) is 0 Å². The molecule has 1 aliphatic carbocycles. The standard InChI is InChI=1S/C11H18N6O3/c1-7(9-14-16-17-15-9)13-10(20)12-6-11(3-2-4-11)5-8(18)19/h7H,2-6H2,1H3,(H,18,19)(H2,12,13,20)(H,14,15,16,17). The molecule has 1 atom stereocenters. The first-order valence-corrected chi connectivity index (χ1v) is 6.50. The SMILES string of the molecule is CC(NC(=O)NCC1(CC(=O)O)CCC1)c1nn[nH]n1. The average Bonchev–Trinajstić information content (AvgIpc) is 2.85. The Labute approximate surface area is 115 Å². The average molecular weight is 282 g/mol. The van der Waals surface area contributed by atoms with Crippen LogP contribution in [0.15, 0.2) is 0 Å². The molecule has 1 aromatic rings. The third-order valence-corrected chi connectivity index (χ3v) is 3.66. The summed E-state index contributed by atoms with van der Waals surface area (Å²) >= 11 is 0. The van der Waals surface area contributed by atoms with Gasteiger partial charge in [0.25, 0.3) is 0 Å². The van der Waals surface area contributed by atoms with Crippen LogP contribution < -0.4 is 10.6 Å². The number of carboxylic acids is 1. The van der Waals surface area contributed by atoms with Crippen LogP contribution in [0.1, 0.15) is 44.5 Å². The fraction of sp³-hybridized carbons (Fsp3) is 0.727. The van der Waals surface area contributed by atoms with E-state index in [1.165, 1.54) is 0 Å². The van der Waals surface area contributed by atoms with Gasteiger partial charge in [-0.25, -0.2) is 4.79 Å². The fourth-order valence-corrected chi connectivity index (χ4v) is 2.35.